The van der Waals surface area contributed by atoms with Gasteiger partial charge in [-0.3, -0.25) is 14.5 Å². The van der Waals surface area contributed by atoms with Crippen LogP contribution in [0.5, 0.6) is 0 Å². The molecular formula is C21H25N3O2. The molecule has 0 saturated carbocycles. The van der Waals surface area contributed by atoms with Gasteiger partial charge in [0, 0.05) is 31.4 Å². The van der Waals surface area contributed by atoms with Crippen LogP contribution in [0.25, 0.3) is 0 Å². The summed E-state index contributed by atoms with van der Waals surface area (Å²) >= 11 is 0. The van der Waals surface area contributed by atoms with Crippen LogP contribution in [0.15, 0.2) is 48.5 Å². The van der Waals surface area contributed by atoms with E-state index in [1.165, 1.54) is 5.56 Å². The molecule has 1 heterocycles. The third-order valence-corrected chi connectivity index (χ3v) is 4.71. The molecule has 0 aromatic heterocycles. The number of para-hydroxylation sites is 1. The predicted octanol–water partition coefficient (Wildman–Crippen LogP) is 2.46. The summed E-state index contributed by atoms with van der Waals surface area (Å²) in [7, 11) is 3.56. The molecular weight excluding hydrogens is 326 g/mol. The lowest BCUT2D eigenvalue weighted by Crippen LogP contribution is -2.41. The van der Waals surface area contributed by atoms with Gasteiger partial charge in [-0.25, -0.2) is 0 Å². The first-order valence-electron chi connectivity index (χ1n) is 8.96. The standard InChI is InChI=1S/C21H25N3O2/c1-22-21(26)18-11-9-16(10-12-18)14-23(2)15-20(25)24-13-5-7-17-6-3-4-8-19(17)24/h3-4,6,8-12H,5,7,13-15H2,1-2H3,(H,22,26). The molecule has 5 nitrogen and oxygen atoms in total. The molecule has 0 bridgehead atoms. The topological polar surface area (TPSA) is 52.7 Å². The number of carbonyl (C=O) groups is 2. The van der Waals surface area contributed by atoms with Crippen molar-refractivity contribution in [2.24, 2.45) is 0 Å². The largest absolute Gasteiger partial charge is 0.355 e. The number of fused-ring (bicyclic) bond motifs is 1. The number of nitrogens with one attached hydrogen (secondary N) is 1. The van der Waals surface area contributed by atoms with E-state index in [0.717, 1.165) is 30.6 Å². The summed E-state index contributed by atoms with van der Waals surface area (Å²) in [4.78, 5) is 28.3. The molecule has 0 fully saturated rings. The van der Waals surface area contributed by atoms with Gasteiger partial charge in [-0.2, -0.15) is 0 Å². The summed E-state index contributed by atoms with van der Waals surface area (Å²) in [6, 6.07) is 15.6. The number of aryl methyl sites for hydroxylation is 1. The Hall–Kier alpha value is -2.66. The molecule has 5 heteroatoms. The average Bonchev–Trinajstić information content (AvgIpc) is 2.67. The number of hydrogen-bond donors (Lipinski definition) is 1. The Morgan fingerprint density at radius 2 is 1.85 bits per heavy atom. The maximum absolute atomic E-state index is 12.8. The zero-order chi connectivity index (χ0) is 18.5. The van der Waals surface area contributed by atoms with Gasteiger partial charge in [0.05, 0.1) is 6.54 Å². The minimum Gasteiger partial charge on any atom is -0.355 e. The number of likely N-dealkylation sites (N-methyl/N-ethyl adjacent to an activating group) is 1. The van der Waals surface area contributed by atoms with Gasteiger partial charge in [-0.1, -0.05) is 30.3 Å². The first-order chi connectivity index (χ1) is 12.6. The molecule has 0 unspecified atom stereocenters. The van der Waals surface area contributed by atoms with Crippen LogP contribution in [0, 0.1) is 0 Å². The minimum atomic E-state index is -0.0937. The summed E-state index contributed by atoms with van der Waals surface area (Å²) in [5.41, 5.74) is 4.01. The highest BCUT2D eigenvalue weighted by molar-refractivity contribution is 5.96. The van der Waals surface area contributed by atoms with Crippen molar-refractivity contribution in [3.05, 3.63) is 65.2 Å². The third-order valence-electron chi connectivity index (χ3n) is 4.71. The van der Waals surface area contributed by atoms with Gasteiger partial charge in [0.1, 0.15) is 0 Å². The minimum absolute atomic E-state index is 0.0937. The summed E-state index contributed by atoms with van der Waals surface area (Å²) in [6.07, 6.45) is 2.04. The SMILES string of the molecule is CNC(=O)c1ccc(CN(C)CC(=O)N2CCCc3ccccc32)cc1. The molecule has 2 aromatic rings. The first-order valence-corrected chi connectivity index (χ1v) is 8.96. The Morgan fingerprint density at radius 1 is 1.12 bits per heavy atom. The highest BCUT2D eigenvalue weighted by atomic mass is 16.2. The number of carbonyl (C=O) groups excluding carboxylic acids is 2. The lowest BCUT2D eigenvalue weighted by atomic mass is 10.0. The van der Waals surface area contributed by atoms with E-state index in [2.05, 4.69) is 11.4 Å². The fraction of sp³-hybridized carbons (Fsp3) is 0.333. The van der Waals surface area contributed by atoms with Crippen LogP contribution in [0.4, 0.5) is 5.69 Å². The molecule has 3 rings (SSSR count). The van der Waals surface area contributed by atoms with Gasteiger partial charge >= 0.3 is 0 Å². The second kappa shape index (κ2) is 8.15. The van der Waals surface area contributed by atoms with Gasteiger partial charge in [0.2, 0.25) is 5.91 Å². The summed E-state index contributed by atoms with van der Waals surface area (Å²) in [6.45, 7) is 1.81. The maximum atomic E-state index is 12.8. The van der Waals surface area contributed by atoms with Crippen molar-refractivity contribution in [2.75, 3.05) is 32.1 Å². The molecule has 0 atom stereocenters. The molecule has 0 radical (unpaired) electrons. The summed E-state index contributed by atoms with van der Waals surface area (Å²) in [5, 5.41) is 2.61. The molecule has 1 aliphatic heterocycles. The fourth-order valence-electron chi connectivity index (χ4n) is 3.38. The fourth-order valence-corrected chi connectivity index (χ4v) is 3.38. The predicted molar refractivity (Wildman–Crippen MR) is 103 cm³/mol. The Bertz CT molecular complexity index is 786. The van der Waals surface area contributed by atoms with Crippen LogP contribution >= 0.6 is 0 Å². The number of hydrogen-bond acceptors (Lipinski definition) is 3. The first kappa shape index (κ1) is 18.1. The number of rotatable bonds is 5. The monoisotopic (exact) mass is 351 g/mol. The smallest absolute Gasteiger partial charge is 0.251 e. The quantitative estimate of drug-likeness (QED) is 0.900. The third kappa shape index (κ3) is 4.11. The normalized spacial score (nSPS) is 13.4. The Kier molecular flexibility index (Phi) is 5.68. The van der Waals surface area contributed by atoms with Crippen LogP contribution in [-0.2, 0) is 17.8 Å². The molecule has 2 amide bonds. The molecule has 0 spiro atoms. The molecule has 0 aliphatic carbocycles. The second-order valence-corrected chi connectivity index (χ2v) is 6.73. The number of benzene rings is 2. The van der Waals surface area contributed by atoms with E-state index in [-0.39, 0.29) is 11.8 Å². The van der Waals surface area contributed by atoms with Crippen LogP contribution in [-0.4, -0.2) is 43.9 Å². The zero-order valence-electron chi connectivity index (χ0n) is 15.4. The van der Waals surface area contributed by atoms with E-state index in [1.807, 2.05) is 59.3 Å². The van der Waals surface area contributed by atoms with E-state index in [0.29, 0.717) is 18.7 Å². The summed E-state index contributed by atoms with van der Waals surface area (Å²) < 4.78 is 0. The Labute approximate surface area is 154 Å². The van der Waals surface area contributed by atoms with Gasteiger partial charge < -0.3 is 10.2 Å². The van der Waals surface area contributed by atoms with E-state index in [9.17, 15) is 9.59 Å². The van der Waals surface area contributed by atoms with Gasteiger partial charge in [0.15, 0.2) is 0 Å². The van der Waals surface area contributed by atoms with Crippen molar-refractivity contribution < 1.29 is 9.59 Å². The van der Waals surface area contributed by atoms with Crippen LogP contribution in [0.2, 0.25) is 0 Å². The number of nitrogens with zero attached hydrogens (tertiary/aromatic N) is 2. The Morgan fingerprint density at radius 3 is 2.58 bits per heavy atom. The van der Waals surface area contributed by atoms with Crippen molar-refractivity contribution in [3.8, 4) is 0 Å². The molecule has 26 heavy (non-hydrogen) atoms. The van der Waals surface area contributed by atoms with Gasteiger partial charge in [0.25, 0.3) is 5.91 Å². The van der Waals surface area contributed by atoms with E-state index in [4.69, 9.17) is 0 Å². The van der Waals surface area contributed by atoms with Crippen molar-refractivity contribution in [1.82, 2.24) is 10.2 Å². The second-order valence-electron chi connectivity index (χ2n) is 6.73. The van der Waals surface area contributed by atoms with Crippen molar-refractivity contribution >= 4 is 17.5 Å². The van der Waals surface area contributed by atoms with Crippen LogP contribution in [0.3, 0.4) is 0 Å². The Balaban J connectivity index is 1.61. The van der Waals surface area contributed by atoms with Crippen molar-refractivity contribution in [3.63, 3.8) is 0 Å². The van der Waals surface area contributed by atoms with Gasteiger partial charge in [-0.05, 0) is 49.2 Å². The number of anilines is 1. The van der Waals surface area contributed by atoms with E-state index < -0.39 is 0 Å². The molecule has 136 valence electrons. The molecule has 2 aromatic carbocycles. The highest BCUT2D eigenvalue weighted by Crippen LogP contribution is 2.26. The maximum Gasteiger partial charge on any atom is 0.251 e. The zero-order valence-corrected chi connectivity index (χ0v) is 15.4. The van der Waals surface area contributed by atoms with Crippen molar-refractivity contribution in [1.29, 1.82) is 0 Å². The molecule has 0 saturated heterocycles. The average molecular weight is 351 g/mol. The molecule has 1 N–H and O–H groups in total. The van der Waals surface area contributed by atoms with E-state index >= 15 is 0 Å². The van der Waals surface area contributed by atoms with Crippen LogP contribution in [0.1, 0.15) is 27.9 Å². The summed E-state index contributed by atoms with van der Waals surface area (Å²) in [5.74, 6) is 0.0328. The van der Waals surface area contributed by atoms with Gasteiger partial charge in [-0.15, -0.1) is 0 Å². The van der Waals surface area contributed by atoms with Crippen molar-refractivity contribution in [2.45, 2.75) is 19.4 Å². The van der Waals surface area contributed by atoms with Crippen LogP contribution < -0.4 is 10.2 Å². The highest BCUT2D eigenvalue weighted by Gasteiger charge is 2.22. The van der Waals surface area contributed by atoms with E-state index in [1.54, 1.807) is 7.05 Å². The number of amides is 2. The molecule has 1 aliphatic rings. The lowest BCUT2D eigenvalue weighted by molar-refractivity contribution is -0.119. The lowest BCUT2D eigenvalue weighted by Gasteiger charge is -2.31.